The van der Waals surface area contributed by atoms with Crippen LogP contribution in [-0.2, 0) is 0 Å². The summed E-state index contributed by atoms with van der Waals surface area (Å²) in [7, 11) is 0. The van der Waals surface area contributed by atoms with Gasteiger partial charge in [-0.1, -0.05) is 0 Å². The van der Waals surface area contributed by atoms with Crippen molar-refractivity contribution in [2.75, 3.05) is 11.2 Å². The fourth-order valence-electron chi connectivity index (χ4n) is 1.17. The summed E-state index contributed by atoms with van der Waals surface area (Å²) in [4.78, 5) is 0. The average Bonchev–Trinajstić information content (AvgIpc) is 2.41. The van der Waals surface area contributed by atoms with Crippen LogP contribution in [-0.4, -0.2) is 0 Å². The molecule has 0 aliphatic rings. The highest BCUT2D eigenvalue weighted by Gasteiger charge is 2.04. The van der Waals surface area contributed by atoms with Crippen LogP contribution in [0.25, 0.3) is 0 Å². The zero-order chi connectivity index (χ0) is 16.2. The summed E-state index contributed by atoms with van der Waals surface area (Å²) >= 11 is 10.0. The van der Waals surface area contributed by atoms with Gasteiger partial charge in [0.2, 0.25) is 0 Å². The molecular formula is C12H9Br2F2I2N3. The van der Waals surface area contributed by atoms with Crippen LogP contribution in [0.15, 0.2) is 33.2 Å². The Kier molecular flexibility index (Phi) is 8.09. The van der Waals surface area contributed by atoms with E-state index in [1.807, 2.05) is 45.2 Å². The number of nitrogens with one attached hydrogen (secondary N) is 1. The van der Waals surface area contributed by atoms with E-state index in [0.29, 0.717) is 20.3 Å². The normalized spacial score (nSPS) is 9.86. The summed E-state index contributed by atoms with van der Waals surface area (Å²) in [6, 6.07) is 5.94. The second-order valence-electron chi connectivity index (χ2n) is 3.68. The Labute approximate surface area is 164 Å². The van der Waals surface area contributed by atoms with Gasteiger partial charge >= 0.3 is 0 Å². The molecule has 0 amide bonds. The lowest BCUT2D eigenvalue weighted by atomic mass is 10.3. The minimum Gasteiger partial charge on any atom is -0.398 e. The van der Waals surface area contributed by atoms with Gasteiger partial charge in [-0.05, 0) is 101 Å². The summed E-state index contributed by atoms with van der Waals surface area (Å²) in [6.07, 6.45) is 0. The lowest BCUT2D eigenvalue weighted by Crippen LogP contribution is -2.08. The monoisotopic (exact) mass is 645 g/mol. The van der Waals surface area contributed by atoms with Crippen LogP contribution in [0.5, 0.6) is 0 Å². The molecule has 5 N–H and O–H groups in total. The molecule has 0 unspecified atom stereocenters. The molecule has 0 aromatic heterocycles. The third kappa shape index (κ3) is 5.77. The summed E-state index contributed by atoms with van der Waals surface area (Å²) in [5.74, 6) is 4.61. The second kappa shape index (κ2) is 8.79. The van der Waals surface area contributed by atoms with E-state index in [1.54, 1.807) is 12.1 Å². The van der Waals surface area contributed by atoms with Gasteiger partial charge in [-0.2, -0.15) is 0 Å². The molecule has 0 saturated carbocycles. The summed E-state index contributed by atoms with van der Waals surface area (Å²) in [5, 5.41) is 0. The van der Waals surface area contributed by atoms with Crippen molar-refractivity contribution in [3.8, 4) is 0 Å². The fourth-order valence-corrected chi connectivity index (χ4v) is 2.89. The molecule has 9 heteroatoms. The molecule has 0 radical (unpaired) electrons. The van der Waals surface area contributed by atoms with Crippen LogP contribution >= 0.6 is 77.0 Å². The lowest BCUT2D eigenvalue weighted by Gasteiger charge is -2.03. The highest BCUT2D eigenvalue weighted by atomic mass is 127. The summed E-state index contributed by atoms with van der Waals surface area (Å²) in [6.45, 7) is 0. The predicted molar refractivity (Wildman–Crippen MR) is 106 cm³/mol. The number of nitrogen functional groups attached to an aromatic ring is 2. The summed E-state index contributed by atoms with van der Waals surface area (Å²) < 4.78 is 27.7. The minimum absolute atomic E-state index is 0.279. The maximum atomic E-state index is 12.8. The van der Waals surface area contributed by atoms with Crippen molar-refractivity contribution in [1.82, 2.24) is 0 Å². The van der Waals surface area contributed by atoms with Gasteiger partial charge in [-0.3, -0.25) is 5.84 Å². The molecular weight excluding hydrogens is 638 g/mol. The molecule has 0 saturated heterocycles. The minimum atomic E-state index is -0.284. The largest absolute Gasteiger partial charge is 0.398 e. The van der Waals surface area contributed by atoms with Crippen molar-refractivity contribution in [2.24, 2.45) is 5.84 Å². The molecule has 0 spiro atoms. The number of hydrogen-bond donors (Lipinski definition) is 3. The second-order valence-corrected chi connectivity index (χ2v) is 7.71. The molecule has 0 atom stereocenters. The molecule has 2 aromatic carbocycles. The van der Waals surface area contributed by atoms with Crippen molar-refractivity contribution in [3.05, 3.63) is 52.0 Å². The smallest absolute Gasteiger partial charge is 0.138 e. The molecule has 114 valence electrons. The number of hydrogen-bond acceptors (Lipinski definition) is 3. The number of hydrazine groups is 1. The maximum absolute atomic E-state index is 12.8. The van der Waals surface area contributed by atoms with Gasteiger partial charge in [-0.15, -0.1) is 0 Å². The van der Waals surface area contributed by atoms with Crippen LogP contribution in [0.4, 0.5) is 20.2 Å². The molecule has 0 bridgehead atoms. The third-order valence-corrected chi connectivity index (χ3v) is 5.25. The van der Waals surface area contributed by atoms with Gasteiger partial charge in [0.1, 0.15) is 11.6 Å². The standard InChI is InChI=1S/C6H5BrFIN2.C6H4BrFIN/c7-3-1-6(11-10)5(9)2-4(3)8;7-3-1-6(10)5(9)2-4(3)8/h1-2,11H,10H2;1-2H,10H2. The quantitative estimate of drug-likeness (QED) is 0.130. The fraction of sp³-hybridized carbons (Fsp3) is 0. The molecule has 0 heterocycles. The number of benzene rings is 2. The first-order valence-electron chi connectivity index (χ1n) is 5.27. The van der Waals surface area contributed by atoms with Gasteiger partial charge in [0.25, 0.3) is 0 Å². The first-order chi connectivity index (χ1) is 9.76. The Morgan fingerprint density at radius 1 is 0.905 bits per heavy atom. The Balaban J connectivity index is 0.000000211. The number of anilines is 2. The molecule has 3 nitrogen and oxygen atoms in total. The van der Waals surface area contributed by atoms with E-state index >= 15 is 0 Å². The highest BCUT2D eigenvalue weighted by Crippen LogP contribution is 2.25. The van der Waals surface area contributed by atoms with Crippen molar-refractivity contribution in [3.63, 3.8) is 0 Å². The van der Waals surface area contributed by atoms with Gasteiger partial charge in [0.15, 0.2) is 0 Å². The number of nitrogens with two attached hydrogens (primary N) is 2. The van der Waals surface area contributed by atoms with Crippen molar-refractivity contribution in [2.45, 2.75) is 0 Å². The van der Waals surface area contributed by atoms with E-state index < -0.39 is 0 Å². The maximum Gasteiger partial charge on any atom is 0.138 e. The first kappa shape index (κ1) is 19.3. The first-order valence-corrected chi connectivity index (χ1v) is 9.01. The van der Waals surface area contributed by atoms with Crippen molar-refractivity contribution in [1.29, 1.82) is 0 Å². The van der Waals surface area contributed by atoms with Crippen LogP contribution < -0.4 is 17.0 Å². The van der Waals surface area contributed by atoms with E-state index in [4.69, 9.17) is 11.6 Å². The van der Waals surface area contributed by atoms with Crippen molar-refractivity contribution < 1.29 is 8.78 Å². The third-order valence-electron chi connectivity index (χ3n) is 2.21. The van der Waals surface area contributed by atoms with Gasteiger partial charge in [-0.25, -0.2) is 8.78 Å². The van der Waals surface area contributed by atoms with E-state index in [0.717, 1.165) is 7.14 Å². The Morgan fingerprint density at radius 3 is 1.86 bits per heavy atom. The molecule has 2 rings (SSSR count). The van der Waals surface area contributed by atoms with Crippen molar-refractivity contribution >= 4 is 88.4 Å². The number of halogens is 6. The number of rotatable bonds is 1. The molecule has 0 aliphatic carbocycles. The van der Waals surface area contributed by atoms with E-state index in [1.165, 1.54) is 12.1 Å². The van der Waals surface area contributed by atoms with Crippen LogP contribution in [0.2, 0.25) is 0 Å². The van der Waals surface area contributed by atoms with Gasteiger partial charge in [0.05, 0.1) is 14.6 Å². The zero-order valence-corrected chi connectivity index (χ0v) is 17.7. The predicted octanol–water partition coefficient (Wildman–Crippen LogP) is 5.25. The molecule has 0 aliphatic heterocycles. The molecule has 0 fully saturated rings. The van der Waals surface area contributed by atoms with Crippen LogP contribution in [0.1, 0.15) is 0 Å². The zero-order valence-electron chi connectivity index (χ0n) is 10.2. The van der Waals surface area contributed by atoms with Gasteiger partial charge < -0.3 is 11.2 Å². The van der Waals surface area contributed by atoms with Crippen LogP contribution in [0.3, 0.4) is 0 Å². The van der Waals surface area contributed by atoms with E-state index in [2.05, 4.69) is 37.3 Å². The van der Waals surface area contributed by atoms with Gasteiger partial charge in [0, 0.05) is 12.8 Å². The van der Waals surface area contributed by atoms with E-state index in [9.17, 15) is 8.78 Å². The Morgan fingerprint density at radius 2 is 1.38 bits per heavy atom. The lowest BCUT2D eigenvalue weighted by molar-refractivity contribution is 0.620. The molecule has 2 aromatic rings. The Hall–Kier alpha value is 0.280. The highest BCUT2D eigenvalue weighted by molar-refractivity contribution is 14.1. The SMILES string of the molecule is NNc1cc(Br)c(F)cc1I.Nc1cc(Br)c(F)cc1I. The average molecular weight is 647 g/mol. The molecule has 21 heavy (non-hydrogen) atoms. The van der Waals surface area contributed by atoms with Crippen LogP contribution in [0, 0.1) is 18.8 Å². The summed E-state index contributed by atoms with van der Waals surface area (Å²) in [5.41, 5.74) is 9.24. The van der Waals surface area contributed by atoms with E-state index in [-0.39, 0.29) is 11.6 Å². The Bertz CT molecular complexity index is 607. The topological polar surface area (TPSA) is 64.1 Å².